The third-order valence-electron chi connectivity index (χ3n) is 2.87. The second-order valence-electron chi connectivity index (χ2n) is 4.12. The minimum atomic E-state index is 0.715. The molecule has 1 N–H and O–H groups in total. The molecule has 1 heterocycles. The Hall–Kier alpha value is 0.650. The van der Waals surface area contributed by atoms with Crippen molar-refractivity contribution in [3.05, 3.63) is 0 Å². The molecule has 72 valence electrons. The van der Waals surface area contributed by atoms with Crippen molar-refractivity contribution in [3.63, 3.8) is 0 Å². The third kappa shape index (κ3) is 2.57. The fraction of sp³-hybridized carbons (Fsp3) is 1.00. The molecule has 12 heavy (non-hydrogen) atoms. The lowest BCUT2D eigenvalue weighted by Crippen LogP contribution is -2.29. The van der Waals surface area contributed by atoms with E-state index in [-0.39, 0.29) is 0 Å². The van der Waals surface area contributed by atoms with Crippen LogP contribution in [0, 0.1) is 11.8 Å². The number of rotatable bonds is 3. The smallest absolute Gasteiger partial charge is 0.0169 e. The minimum Gasteiger partial charge on any atom is -0.300 e. The van der Waals surface area contributed by atoms with Crippen LogP contribution < -0.4 is 3.53 Å². The highest BCUT2D eigenvalue weighted by molar-refractivity contribution is 14.1. The summed E-state index contributed by atoms with van der Waals surface area (Å²) in [6, 6.07) is 0.715. The van der Waals surface area contributed by atoms with Gasteiger partial charge in [0.15, 0.2) is 0 Å². The monoisotopic (exact) mass is 282 g/mol. The summed E-state index contributed by atoms with van der Waals surface area (Å²) in [5.41, 5.74) is 0. The van der Waals surface area contributed by atoms with Crippen molar-refractivity contribution in [1.82, 2.24) is 8.43 Å². The average Bonchev–Trinajstić information content (AvgIpc) is 2.34. The van der Waals surface area contributed by atoms with Gasteiger partial charge in [-0.3, -0.25) is 3.53 Å². The number of nitrogens with one attached hydrogen (secondary N) is 1. The number of nitrogens with zero attached hydrogens (tertiary/aromatic N) is 1. The quantitative estimate of drug-likeness (QED) is 0.628. The van der Waals surface area contributed by atoms with Gasteiger partial charge in [-0.2, -0.15) is 0 Å². The third-order valence-corrected chi connectivity index (χ3v) is 3.31. The van der Waals surface area contributed by atoms with Crippen LogP contribution >= 0.6 is 22.9 Å². The van der Waals surface area contributed by atoms with Crippen LogP contribution in [0.15, 0.2) is 0 Å². The molecule has 1 aliphatic rings. The molecule has 0 aromatic heterocycles. The van der Waals surface area contributed by atoms with Gasteiger partial charge in [-0.05, 0) is 25.7 Å². The van der Waals surface area contributed by atoms with Crippen molar-refractivity contribution in [3.8, 4) is 0 Å². The minimum absolute atomic E-state index is 0.715. The fourth-order valence-corrected chi connectivity index (χ4v) is 2.43. The molecular weight excluding hydrogens is 263 g/mol. The highest BCUT2D eigenvalue weighted by Gasteiger charge is 2.29. The number of likely N-dealkylation sites (tertiary alicyclic amines) is 1. The maximum Gasteiger partial charge on any atom is 0.0169 e. The van der Waals surface area contributed by atoms with Gasteiger partial charge >= 0.3 is 0 Å². The second kappa shape index (κ2) is 4.77. The maximum atomic E-state index is 3.24. The van der Waals surface area contributed by atoms with Crippen LogP contribution in [0.1, 0.15) is 20.8 Å². The van der Waals surface area contributed by atoms with E-state index in [0.717, 1.165) is 18.4 Å². The Morgan fingerprint density at radius 3 is 2.58 bits per heavy atom. The van der Waals surface area contributed by atoms with Crippen molar-refractivity contribution in [2.45, 2.75) is 26.8 Å². The van der Waals surface area contributed by atoms with E-state index in [1.807, 2.05) is 0 Å². The summed E-state index contributed by atoms with van der Waals surface area (Å²) in [7, 11) is 0. The van der Waals surface area contributed by atoms with Gasteiger partial charge in [0.1, 0.15) is 0 Å². The number of halogens is 1. The van der Waals surface area contributed by atoms with Gasteiger partial charge in [0, 0.05) is 48.5 Å². The van der Waals surface area contributed by atoms with Crippen LogP contribution in [0.4, 0.5) is 0 Å². The molecule has 0 aliphatic carbocycles. The highest BCUT2D eigenvalue weighted by atomic mass is 127. The lowest BCUT2D eigenvalue weighted by molar-refractivity contribution is 0.262. The Labute approximate surface area is 89.6 Å². The lowest BCUT2D eigenvalue weighted by atomic mass is 9.99. The van der Waals surface area contributed by atoms with E-state index in [9.17, 15) is 0 Å². The molecule has 0 bridgehead atoms. The Kier molecular flexibility index (Phi) is 4.26. The van der Waals surface area contributed by atoms with Gasteiger partial charge in [0.25, 0.3) is 0 Å². The van der Waals surface area contributed by atoms with Gasteiger partial charge in [-0.15, -0.1) is 0 Å². The van der Waals surface area contributed by atoms with E-state index < -0.39 is 0 Å². The van der Waals surface area contributed by atoms with Crippen molar-refractivity contribution in [2.24, 2.45) is 11.8 Å². The maximum absolute atomic E-state index is 3.24. The Morgan fingerprint density at radius 2 is 2.17 bits per heavy atom. The van der Waals surface area contributed by atoms with Gasteiger partial charge in [0.2, 0.25) is 0 Å². The van der Waals surface area contributed by atoms with Crippen LogP contribution in [0.2, 0.25) is 0 Å². The summed E-state index contributed by atoms with van der Waals surface area (Å²) < 4.78 is 3.24. The first-order valence-electron chi connectivity index (χ1n) is 4.72. The molecule has 1 aliphatic heterocycles. The Balaban J connectivity index is 2.39. The topological polar surface area (TPSA) is 15.3 Å². The van der Waals surface area contributed by atoms with E-state index in [1.165, 1.54) is 13.1 Å². The molecule has 2 unspecified atom stereocenters. The van der Waals surface area contributed by atoms with Crippen molar-refractivity contribution < 1.29 is 0 Å². The molecule has 0 amide bonds. The van der Waals surface area contributed by atoms with E-state index in [1.54, 1.807) is 0 Å². The fourth-order valence-electron chi connectivity index (χ4n) is 1.86. The van der Waals surface area contributed by atoms with Gasteiger partial charge in [0.05, 0.1) is 0 Å². The Bertz CT molecular complexity index is 138. The predicted octanol–water partition coefficient (Wildman–Crippen LogP) is 1.90. The lowest BCUT2D eigenvalue weighted by Gasteiger charge is -2.19. The van der Waals surface area contributed by atoms with Crippen LogP contribution in [0.25, 0.3) is 0 Å². The van der Waals surface area contributed by atoms with E-state index in [2.05, 4.69) is 52.1 Å². The molecule has 3 heteroatoms. The molecule has 2 atom stereocenters. The van der Waals surface area contributed by atoms with E-state index >= 15 is 0 Å². The molecule has 0 aromatic carbocycles. The van der Waals surface area contributed by atoms with Gasteiger partial charge < -0.3 is 4.90 Å². The molecule has 0 spiro atoms. The largest absolute Gasteiger partial charge is 0.300 e. The standard InChI is InChI=1S/C9H19IN2/c1-7(2)12-5-8(3)9(6-12)4-11-10/h7-9,11H,4-6H2,1-3H3. The predicted molar refractivity (Wildman–Crippen MR) is 61.4 cm³/mol. The number of hydrogen-bond donors (Lipinski definition) is 1. The molecule has 1 fully saturated rings. The first kappa shape index (κ1) is 10.7. The normalized spacial score (nSPS) is 31.8. The Morgan fingerprint density at radius 1 is 1.50 bits per heavy atom. The molecule has 0 aromatic rings. The van der Waals surface area contributed by atoms with Gasteiger partial charge in [-0.25, -0.2) is 0 Å². The van der Waals surface area contributed by atoms with Crippen LogP contribution in [-0.4, -0.2) is 30.6 Å². The SMILES string of the molecule is CC1CN(C(C)C)CC1CNI. The molecule has 0 saturated carbocycles. The zero-order valence-corrected chi connectivity index (χ0v) is 10.3. The molecular formula is C9H19IN2. The summed E-state index contributed by atoms with van der Waals surface area (Å²) in [4.78, 5) is 2.57. The first-order valence-corrected chi connectivity index (χ1v) is 5.80. The molecule has 1 saturated heterocycles. The van der Waals surface area contributed by atoms with Gasteiger partial charge in [-0.1, -0.05) is 6.92 Å². The zero-order valence-electron chi connectivity index (χ0n) is 8.18. The van der Waals surface area contributed by atoms with E-state index in [0.29, 0.717) is 6.04 Å². The zero-order chi connectivity index (χ0) is 9.14. The van der Waals surface area contributed by atoms with Crippen LogP contribution in [-0.2, 0) is 0 Å². The van der Waals surface area contributed by atoms with E-state index in [4.69, 9.17) is 0 Å². The van der Waals surface area contributed by atoms with Crippen LogP contribution in [0.5, 0.6) is 0 Å². The summed E-state index contributed by atoms with van der Waals surface area (Å²) in [6.07, 6.45) is 0. The van der Waals surface area contributed by atoms with Crippen molar-refractivity contribution >= 4 is 22.9 Å². The van der Waals surface area contributed by atoms with Crippen molar-refractivity contribution in [1.29, 1.82) is 0 Å². The average molecular weight is 282 g/mol. The molecule has 0 radical (unpaired) electrons. The first-order chi connectivity index (χ1) is 5.65. The van der Waals surface area contributed by atoms with Crippen molar-refractivity contribution in [2.75, 3.05) is 19.6 Å². The summed E-state index contributed by atoms with van der Waals surface area (Å²) in [5.74, 6) is 1.71. The molecule has 2 nitrogen and oxygen atoms in total. The molecule has 1 rings (SSSR count). The number of hydrogen-bond acceptors (Lipinski definition) is 2. The summed E-state index contributed by atoms with van der Waals surface area (Å²) in [6.45, 7) is 10.6. The summed E-state index contributed by atoms with van der Waals surface area (Å²) >= 11 is 2.24. The van der Waals surface area contributed by atoms with Crippen LogP contribution in [0.3, 0.4) is 0 Å². The highest BCUT2D eigenvalue weighted by Crippen LogP contribution is 2.23. The summed E-state index contributed by atoms with van der Waals surface area (Å²) in [5, 5.41) is 0. The second-order valence-corrected chi connectivity index (χ2v) is 4.89.